The van der Waals surface area contributed by atoms with Gasteiger partial charge in [0.1, 0.15) is 6.04 Å². The van der Waals surface area contributed by atoms with Crippen LogP contribution < -0.4 is 5.32 Å². The number of fused-ring (bicyclic) bond motifs is 1. The topological polar surface area (TPSA) is 62.3 Å². The van der Waals surface area contributed by atoms with Gasteiger partial charge in [-0.05, 0) is 18.2 Å². The maximum Gasteiger partial charge on any atom is 0.286 e. The predicted octanol–water partition coefficient (Wildman–Crippen LogP) is 2.00. The van der Waals surface area contributed by atoms with Crippen molar-refractivity contribution in [1.29, 1.82) is 0 Å². The Bertz CT molecular complexity index is 822. The van der Waals surface area contributed by atoms with Gasteiger partial charge in [-0.3, -0.25) is 14.6 Å². The van der Waals surface area contributed by atoms with Gasteiger partial charge in [0.15, 0.2) is 0 Å². The lowest BCUT2D eigenvalue weighted by Crippen LogP contribution is -2.46. The zero-order valence-corrected chi connectivity index (χ0v) is 12.7. The Morgan fingerprint density at radius 3 is 2.88 bits per heavy atom. The average Bonchev–Trinajstić information content (AvgIpc) is 2.88. The third-order valence-electron chi connectivity index (χ3n) is 3.96. The first kappa shape index (κ1) is 16.0. The van der Waals surface area contributed by atoms with Crippen LogP contribution in [0.3, 0.4) is 0 Å². The number of nitrogens with one attached hydrogen (secondary N) is 1. The van der Waals surface area contributed by atoms with Gasteiger partial charge in [-0.1, -0.05) is 24.8 Å². The Morgan fingerprint density at radius 1 is 1.38 bits per heavy atom. The van der Waals surface area contributed by atoms with Crippen LogP contribution in [0.25, 0.3) is 10.9 Å². The van der Waals surface area contributed by atoms with Gasteiger partial charge in [-0.15, -0.1) is 0 Å². The molecule has 2 aromatic rings. The molecule has 0 aliphatic carbocycles. The number of aromatic nitrogens is 1. The van der Waals surface area contributed by atoms with Crippen LogP contribution in [0.5, 0.6) is 0 Å². The standard InChI is InChI=1S/C17H15F2N3O2/c1-2-15(23)22-9-14(17(18,19)10-22)21-16(24)12-7-11-5-3-4-6-13(11)20-8-12/h2-8,14H,1,9-10H2,(H,21,24). The normalized spacial score (nSPS) is 19.2. The molecule has 2 heterocycles. The van der Waals surface area contributed by atoms with E-state index in [4.69, 9.17) is 0 Å². The third-order valence-corrected chi connectivity index (χ3v) is 3.96. The fourth-order valence-corrected chi connectivity index (χ4v) is 2.67. The SMILES string of the molecule is C=CC(=O)N1CC(NC(=O)c2cnc3ccccc3c2)C(F)(F)C1. The largest absolute Gasteiger partial charge is 0.341 e. The molecule has 1 aromatic carbocycles. The fraction of sp³-hybridized carbons (Fsp3) is 0.235. The molecule has 1 saturated heterocycles. The van der Waals surface area contributed by atoms with Crippen LogP contribution in [0.15, 0.2) is 49.2 Å². The van der Waals surface area contributed by atoms with E-state index in [1.807, 2.05) is 6.07 Å². The number of carbonyl (C=O) groups is 2. The van der Waals surface area contributed by atoms with Crippen LogP contribution in [-0.4, -0.2) is 46.8 Å². The van der Waals surface area contributed by atoms with E-state index in [0.717, 1.165) is 16.4 Å². The number of pyridine rings is 1. The highest BCUT2D eigenvalue weighted by Gasteiger charge is 2.49. The number of benzene rings is 1. The van der Waals surface area contributed by atoms with Gasteiger partial charge >= 0.3 is 0 Å². The number of carbonyl (C=O) groups excluding carboxylic acids is 2. The molecular weight excluding hydrogens is 316 g/mol. The average molecular weight is 331 g/mol. The highest BCUT2D eigenvalue weighted by atomic mass is 19.3. The quantitative estimate of drug-likeness (QED) is 0.875. The molecule has 1 N–H and O–H groups in total. The van der Waals surface area contributed by atoms with E-state index >= 15 is 0 Å². The molecule has 0 spiro atoms. The predicted molar refractivity (Wildman–Crippen MR) is 84.7 cm³/mol. The molecule has 24 heavy (non-hydrogen) atoms. The molecule has 1 atom stereocenters. The fourth-order valence-electron chi connectivity index (χ4n) is 2.67. The molecule has 7 heteroatoms. The van der Waals surface area contributed by atoms with E-state index < -0.39 is 30.3 Å². The van der Waals surface area contributed by atoms with E-state index in [2.05, 4.69) is 16.9 Å². The maximum absolute atomic E-state index is 14.0. The van der Waals surface area contributed by atoms with Gasteiger partial charge in [0.05, 0.1) is 17.6 Å². The highest BCUT2D eigenvalue weighted by Crippen LogP contribution is 2.28. The Kier molecular flexibility index (Phi) is 4.01. The molecule has 5 nitrogen and oxygen atoms in total. The zero-order valence-electron chi connectivity index (χ0n) is 12.7. The summed E-state index contributed by atoms with van der Waals surface area (Å²) in [6, 6.07) is 7.35. The molecule has 0 saturated carbocycles. The summed E-state index contributed by atoms with van der Waals surface area (Å²) in [5.74, 6) is -4.43. The van der Waals surface area contributed by atoms with Crippen LogP contribution in [0.4, 0.5) is 8.78 Å². The summed E-state index contributed by atoms with van der Waals surface area (Å²) >= 11 is 0. The van der Waals surface area contributed by atoms with E-state index in [0.29, 0.717) is 5.52 Å². The number of halogens is 2. The van der Waals surface area contributed by atoms with Gasteiger partial charge in [-0.25, -0.2) is 8.78 Å². The smallest absolute Gasteiger partial charge is 0.286 e. The number of alkyl halides is 2. The number of rotatable bonds is 3. The maximum atomic E-state index is 14.0. The number of nitrogens with zero attached hydrogens (tertiary/aromatic N) is 2. The minimum atomic E-state index is -3.20. The number of para-hydroxylation sites is 1. The first-order valence-corrected chi connectivity index (χ1v) is 7.35. The lowest BCUT2D eigenvalue weighted by molar-refractivity contribution is -0.126. The van der Waals surface area contributed by atoms with Crippen molar-refractivity contribution in [3.8, 4) is 0 Å². The van der Waals surface area contributed by atoms with Crippen LogP contribution in [0.2, 0.25) is 0 Å². The lowest BCUT2D eigenvalue weighted by Gasteiger charge is -2.18. The molecule has 1 unspecified atom stereocenters. The molecule has 1 fully saturated rings. The first-order chi connectivity index (χ1) is 11.4. The molecule has 2 amide bonds. The number of hydrogen-bond acceptors (Lipinski definition) is 3. The summed E-state index contributed by atoms with van der Waals surface area (Å²) in [5.41, 5.74) is 0.904. The van der Waals surface area contributed by atoms with Crippen molar-refractivity contribution in [3.05, 3.63) is 54.7 Å². The van der Waals surface area contributed by atoms with Crippen LogP contribution in [-0.2, 0) is 4.79 Å². The Labute approximate surface area is 137 Å². The van der Waals surface area contributed by atoms with Crippen molar-refractivity contribution in [2.75, 3.05) is 13.1 Å². The second-order valence-electron chi connectivity index (χ2n) is 5.63. The van der Waals surface area contributed by atoms with Gasteiger partial charge < -0.3 is 10.2 Å². The van der Waals surface area contributed by atoms with Crippen LogP contribution >= 0.6 is 0 Å². The van der Waals surface area contributed by atoms with Crippen molar-refractivity contribution < 1.29 is 18.4 Å². The Balaban J connectivity index is 1.78. The number of likely N-dealkylation sites (tertiary alicyclic amines) is 1. The molecule has 0 bridgehead atoms. The molecule has 0 radical (unpaired) electrons. The number of amides is 2. The van der Waals surface area contributed by atoms with Crippen molar-refractivity contribution in [3.63, 3.8) is 0 Å². The second-order valence-corrected chi connectivity index (χ2v) is 5.63. The highest BCUT2D eigenvalue weighted by molar-refractivity contribution is 5.97. The summed E-state index contributed by atoms with van der Waals surface area (Å²) in [4.78, 5) is 28.9. The summed E-state index contributed by atoms with van der Waals surface area (Å²) in [6.45, 7) is 2.29. The summed E-state index contributed by atoms with van der Waals surface area (Å²) in [7, 11) is 0. The van der Waals surface area contributed by atoms with E-state index in [1.165, 1.54) is 6.20 Å². The second kappa shape index (κ2) is 5.99. The van der Waals surface area contributed by atoms with Crippen LogP contribution in [0.1, 0.15) is 10.4 Å². The van der Waals surface area contributed by atoms with Crippen molar-refractivity contribution in [1.82, 2.24) is 15.2 Å². The molecule has 3 rings (SSSR count). The van der Waals surface area contributed by atoms with E-state index in [-0.39, 0.29) is 12.1 Å². The van der Waals surface area contributed by atoms with E-state index in [1.54, 1.807) is 24.3 Å². The Hall–Kier alpha value is -2.83. The van der Waals surface area contributed by atoms with Crippen molar-refractivity contribution >= 4 is 22.7 Å². The molecule has 124 valence electrons. The third kappa shape index (κ3) is 2.97. The van der Waals surface area contributed by atoms with Gasteiger partial charge in [-0.2, -0.15) is 0 Å². The summed E-state index contributed by atoms with van der Waals surface area (Å²) < 4.78 is 28.1. The zero-order chi connectivity index (χ0) is 17.3. The van der Waals surface area contributed by atoms with Crippen molar-refractivity contribution in [2.24, 2.45) is 0 Å². The minimum Gasteiger partial charge on any atom is -0.341 e. The summed E-state index contributed by atoms with van der Waals surface area (Å²) in [6.07, 6.45) is 2.32. The molecule has 1 aromatic heterocycles. The monoisotopic (exact) mass is 331 g/mol. The van der Waals surface area contributed by atoms with Gasteiger partial charge in [0, 0.05) is 18.1 Å². The van der Waals surface area contributed by atoms with Crippen LogP contribution in [0, 0.1) is 0 Å². The minimum absolute atomic E-state index is 0.193. The van der Waals surface area contributed by atoms with Gasteiger partial charge in [0.25, 0.3) is 11.8 Å². The molecule has 1 aliphatic rings. The lowest BCUT2D eigenvalue weighted by atomic mass is 10.1. The van der Waals surface area contributed by atoms with E-state index in [9.17, 15) is 18.4 Å². The molecule has 1 aliphatic heterocycles. The number of hydrogen-bond donors (Lipinski definition) is 1. The first-order valence-electron chi connectivity index (χ1n) is 7.35. The molecular formula is C17H15F2N3O2. The van der Waals surface area contributed by atoms with Gasteiger partial charge in [0.2, 0.25) is 5.91 Å². The summed E-state index contributed by atoms with van der Waals surface area (Å²) in [5, 5.41) is 3.04. The Morgan fingerprint density at radius 2 is 2.12 bits per heavy atom. The van der Waals surface area contributed by atoms with Crippen molar-refractivity contribution in [2.45, 2.75) is 12.0 Å².